The molecular weight excluding hydrogens is 200 g/mol. The van der Waals surface area contributed by atoms with E-state index in [-0.39, 0.29) is 12.2 Å². The quantitative estimate of drug-likeness (QED) is 0.851. The maximum atomic E-state index is 9.26. The Morgan fingerprint density at radius 1 is 1.06 bits per heavy atom. The summed E-state index contributed by atoms with van der Waals surface area (Å²) in [5.74, 6) is 0.879. The van der Waals surface area contributed by atoms with E-state index >= 15 is 0 Å². The second-order valence-electron chi connectivity index (χ2n) is 4.42. The number of aliphatic hydroxyl groups excluding tert-OH is 1. The molecule has 0 amide bonds. The molecule has 2 nitrogen and oxygen atoms in total. The minimum Gasteiger partial charge on any atom is -0.484 e. The molecule has 82 valence electrons. The molecular formula is C14H14O2. The van der Waals surface area contributed by atoms with Gasteiger partial charge in [0.05, 0.1) is 6.61 Å². The van der Waals surface area contributed by atoms with Gasteiger partial charge in [0.15, 0.2) is 0 Å². The Morgan fingerprint density at radius 3 is 2.56 bits per heavy atom. The number of ether oxygens (including phenoxy) is 1. The summed E-state index contributed by atoms with van der Waals surface area (Å²) in [7, 11) is 0. The van der Waals surface area contributed by atoms with E-state index in [0.717, 1.165) is 24.0 Å². The molecule has 1 saturated carbocycles. The Labute approximate surface area is 94.5 Å². The largest absolute Gasteiger partial charge is 0.484 e. The van der Waals surface area contributed by atoms with E-state index in [4.69, 9.17) is 4.74 Å². The third-order valence-electron chi connectivity index (χ3n) is 3.17. The molecule has 1 aliphatic rings. The monoisotopic (exact) mass is 214 g/mol. The fraction of sp³-hybridized carbons (Fsp3) is 0.286. The highest BCUT2D eigenvalue weighted by Crippen LogP contribution is 2.41. The van der Waals surface area contributed by atoms with E-state index in [1.807, 2.05) is 24.3 Å². The Hall–Kier alpha value is -1.54. The van der Waals surface area contributed by atoms with Crippen molar-refractivity contribution in [3.8, 4) is 5.75 Å². The molecule has 0 bridgehead atoms. The summed E-state index contributed by atoms with van der Waals surface area (Å²) in [5, 5.41) is 11.6. The molecule has 2 heteroatoms. The second-order valence-corrected chi connectivity index (χ2v) is 4.42. The highest BCUT2D eigenvalue weighted by Gasteiger charge is 2.45. The zero-order chi connectivity index (χ0) is 11.0. The third-order valence-corrected chi connectivity index (χ3v) is 3.17. The average molecular weight is 214 g/mol. The minimum absolute atomic E-state index is 0.107. The lowest BCUT2D eigenvalue weighted by molar-refractivity contribution is 0.0968. The average Bonchev–Trinajstić information content (AvgIpc) is 3.10. The van der Waals surface area contributed by atoms with E-state index < -0.39 is 0 Å². The summed E-state index contributed by atoms with van der Waals surface area (Å²) < 4.78 is 5.93. The lowest BCUT2D eigenvalue weighted by Crippen LogP contribution is -2.22. The van der Waals surface area contributed by atoms with E-state index in [1.165, 1.54) is 5.39 Å². The standard InChI is InChI=1S/C14H14O2/c15-10-14(8-9-14)16-13-7-3-5-11-4-1-2-6-12(11)13/h1-7,15H,8-10H2. The van der Waals surface area contributed by atoms with E-state index in [0.29, 0.717) is 0 Å². The van der Waals surface area contributed by atoms with Gasteiger partial charge in [-0.05, 0) is 24.3 Å². The molecule has 0 heterocycles. The van der Waals surface area contributed by atoms with Crippen LogP contribution >= 0.6 is 0 Å². The lowest BCUT2D eigenvalue weighted by Gasteiger charge is -2.16. The fourth-order valence-corrected chi connectivity index (χ4v) is 1.95. The highest BCUT2D eigenvalue weighted by molar-refractivity contribution is 5.88. The molecule has 0 aliphatic heterocycles. The summed E-state index contributed by atoms with van der Waals surface area (Å²) >= 11 is 0. The summed E-state index contributed by atoms with van der Waals surface area (Å²) in [6.07, 6.45) is 1.90. The van der Waals surface area contributed by atoms with Gasteiger partial charge in [0, 0.05) is 5.39 Å². The molecule has 1 N–H and O–H groups in total. The summed E-state index contributed by atoms with van der Waals surface area (Å²) in [6, 6.07) is 14.2. The molecule has 0 radical (unpaired) electrons. The number of aliphatic hydroxyl groups is 1. The smallest absolute Gasteiger partial charge is 0.132 e. The van der Waals surface area contributed by atoms with Crippen molar-refractivity contribution in [1.29, 1.82) is 0 Å². The maximum absolute atomic E-state index is 9.26. The van der Waals surface area contributed by atoms with Gasteiger partial charge < -0.3 is 9.84 Å². The molecule has 0 saturated heterocycles. The van der Waals surface area contributed by atoms with Gasteiger partial charge in [-0.2, -0.15) is 0 Å². The van der Waals surface area contributed by atoms with Crippen molar-refractivity contribution in [2.45, 2.75) is 18.4 Å². The molecule has 0 aromatic heterocycles. The third kappa shape index (κ3) is 1.55. The molecule has 2 aromatic rings. The second kappa shape index (κ2) is 3.49. The zero-order valence-corrected chi connectivity index (χ0v) is 9.02. The number of fused-ring (bicyclic) bond motifs is 1. The van der Waals surface area contributed by atoms with Gasteiger partial charge in [-0.3, -0.25) is 0 Å². The molecule has 3 rings (SSSR count). The first-order valence-corrected chi connectivity index (χ1v) is 5.61. The summed E-state index contributed by atoms with van der Waals surface area (Å²) in [6.45, 7) is 0.107. The Bertz CT molecular complexity index is 510. The minimum atomic E-state index is -0.301. The van der Waals surface area contributed by atoms with Crippen LogP contribution in [0.4, 0.5) is 0 Å². The van der Waals surface area contributed by atoms with E-state index in [9.17, 15) is 5.11 Å². The van der Waals surface area contributed by atoms with E-state index in [2.05, 4.69) is 18.2 Å². The van der Waals surface area contributed by atoms with Crippen LogP contribution in [0.2, 0.25) is 0 Å². The van der Waals surface area contributed by atoms with Crippen molar-refractivity contribution < 1.29 is 9.84 Å². The van der Waals surface area contributed by atoms with Gasteiger partial charge >= 0.3 is 0 Å². The van der Waals surface area contributed by atoms with Crippen LogP contribution in [-0.2, 0) is 0 Å². The number of rotatable bonds is 3. The number of hydrogen-bond donors (Lipinski definition) is 1. The summed E-state index contributed by atoms with van der Waals surface area (Å²) in [5.41, 5.74) is -0.301. The van der Waals surface area contributed by atoms with Gasteiger partial charge in [-0.1, -0.05) is 36.4 Å². The molecule has 2 aromatic carbocycles. The van der Waals surface area contributed by atoms with Gasteiger partial charge in [-0.25, -0.2) is 0 Å². The molecule has 16 heavy (non-hydrogen) atoms. The van der Waals surface area contributed by atoms with Crippen molar-refractivity contribution in [3.63, 3.8) is 0 Å². The van der Waals surface area contributed by atoms with Crippen molar-refractivity contribution in [3.05, 3.63) is 42.5 Å². The van der Waals surface area contributed by atoms with Crippen LogP contribution < -0.4 is 4.74 Å². The van der Waals surface area contributed by atoms with Crippen LogP contribution in [0, 0.1) is 0 Å². The number of hydrogen-bond acceptors (Lipinski definition) is 2. The van der Waals surface area contributed by atoms with E-state index in [1.54, 1.807) is 0 Å². The van der Waals surface area contributed by atoms with Gasteiger partial charge in [0.1, 0.15) is 11.4 Å². The van der Waals surface area contributed by atoms with Gasteiger partial charge in [0.25, 0.3) is 0 Å². The molecule has 0 unspecified atom stereocenters. The summed E-state index contributed by atoms with van der Waals surface area (Å²) in [4.78, 5) is 0. The van der Waals surface area contributed by atoms with Crippen molar-refractivity contribution in [2.75, 3.05) is 6.61 Å². The van der Waals surface area contributed by atoms with Crippen LogP contribution in [0.1, 0.15) is 12.8 Å². The lowest BCUT2D eigenvalue weighted by atomic mass is 10.1. The Kier molecular flexibility index (Phi) is 2.11. The first-order chi connectivity index (χ1) is 7.83. The van der Waals surface area contributed by atoms with Crippen LogP contribution in [0.3, 0.4) is 0 Å². The normalized spacial score (nSPS) is 17.3. The van der Waals surface area contributed by atoms with Crippen LogP contribution in [-0.4, -0.2) is 17.3 Å². The Morgan fingerprint density at radius 2 is 1.81 bits per heavy atom. The van der Waals surface area contributed by atoms with Crippen molar-refractivity contribution >= 4 is 10.8 Å². The number of benzene rings is 2. The fourth-order valence-electron chi connectivity index (χ4n) is 1.95. The topological polar surface area (TPSA) is 29.5 Å². The van der Waals surface area contributed by atoms with Crippen LogP contribution in [0.5, 0.6) is 5.75 Å². The van der Waals surface area contributed by atoms with Gasteiger partial charge in [0.2, 0.25) is 0 Å². The van der Waals surface area contributed by atoms with Crippen molar-refractivity contribution in [1.82, 2.24) is 0 Å². The van der Waals surface area contributed by atoms with Crippen molar-refractivity contribution in [2.24, 2.45) is 0 Å². The molecule has 0 spiro atoms. The predicted molar refractivity (Wildman–Crippen MR) is 63.6 cm³/mol. The first kappa shape index (κ1) is 9.67. The first-order valence-electron chi connectivity index (χ1n) is 5.61. The highest BCUT2D eigenvalue weighted by atomic mass is 16.5. The molecule has 0 atom stereocenters. The molecule has 1 aliphatic carbocycles. The predicted octanol–water partition coefficient (Wildman–Crippen LogP) is 2.74. The SMILES string of the molecule is OCC1(Oc2cccc3ccccc23)CC1. The zero-order valence-electron chi connectivity index (χ0n) is 9.02. The maximum Gasteiger partial charge on any atom is 0.132 e. The van der Waals surface area contributed by atoms with Crippen LogP contribution in [0.15, 0.2) is 42.5 Å². The Balaban J connectivity index is 2.03. The van der Waals surface area contributed by atoms with Gasteiger partial charge in [-0.15, -0.1) is 0 Å². The van der Waals surface area contributed by atoms with Crippen LogP contribution in [0.25, 0.3) is 10.8 Å². The molecule has 1 fully saturated rings.